The molecule has 0 heterocycles. The molecule has 72 heavy (non-hydrogen) atoms. The first-order valence-corrected chi connectivity index (χ1v) is 31.9. The van der Waals surface area contributed by atoms with Gasteiger partial charge in [-0.15, -0.1) is 0 Å². The molecule has 0 fully saturated rings. The van der Waals surface area contributed by atoms with E-state index >= 15 is 0 Å². The molecule has 0 aromatic rings. The van der Waals surface area contributed by atoms with E-state index in [-0.39, 0.29) is 25.6 Å². The van der Waals surface area contributed by atoms with Crippen LogP contribution in [0.2, 0.25) is 0 Å². The molecule has 1 N–H and O–H groups in total. The Morgan fingerprint density at radius 3 is 1.18 bits per heavy atom. The summed E-state index contributed by atoms with van der Waals surface area (Å²) in [7, 11) is 1.48. The van der Waals surface area contributed by atoms with Crippen LogP contribution in [-0.2, 0) is 32.7 Å². The number of carbonyl (C=O) groups excluding carboxylic acids is 2. The first-order valence-electron chi connectivity index (χ1n) is 30.4. The Bertz CT molecular complexity index is 1360. The number of rotatable bonds is 56. The van der Waals surface area contributed by atoms with Crippen LogP contribution in [0.3, 0.4) is 0 Å². The molecule has 0 radical (unpaired) electrons. The number of carbonyl (C=O) groups is 2. The Hall–Kier alpha value is -2.03. The minimum Gasteiger partial charge on any atom is -0.462 e. The van der Waals surface area contributed by atoms with Gasteiger partial charge in [0.1, 0.15) is 19.8 Å². The molecule has 0 bridgehead atoms. The molecule has 0 aliphatic rings. The minimum absolute atomic E-state index is 0.0313. The van der Waals surface area contributed by atoms with Crippen LogP contribution in [0.5, 0.6) is 0 Å². The van der Waals surface area contributed by atoms with Gasteiger partial charge in [0, 0.05) is 12.8 Å². The quantitative estimate of drug-likeness (QED) is 0.0211. The molecular weight excluding hydrogens is 918 g/mol. The summed E-state index contributed by atoms with van der Waals surface area (Å²) in [6.07, 6.45) is 67.6. The molecule has 0 saturated carbocycles. The van der Waals surface area contributed by atoms with E-state index in [1.807, 2.05) is 21.1 Å². The average molecular weight is 1040 g/mol. The fourth-order valence-electron chi connectivity index (χ4n) is 8.72. The molecule has 9 nitrogen and oxygen atoms in total. The zero-order valence-corrected chi connectivity index (χ0v) is 48.8. The predicted octanol–water partition coefficient (Wildman–Crippen LogP) is 18.9. The predicted molar refractivity (Wildman–Crippen MR) is 307 cm³/mol. The lowest BCUT2D eigenvalue weighted by Gasteiger charge is -2.24. The van der Waals surface area contributed by atoms with E-state index in [2.05, 4.69) is 62.5 Å². The molecule has 422 valence electrons. The lowest BCUT2D eigenvalue weighted by molar-refractivity contribution is -0.870. The largest absolute Gasteiger partial charge is 0.472 e. The number of likely N-dealkylation sites (N-methyl/N-ethyl adjacent to an activating group) is 1. The molecule has 2 unspecified atom stereocenters. The van der Waals surface area contributed by atoms with Gasteiger partial charge in [-0.2, -0.15) is 0 Å². The van der Waals surface area contributed by atoms with Crippen molar-refractivity contribution >= 4 is 19.8 Å². The Labute approximate surface area is 445 Å². The van der Waals surface area contributed by atoms with Gasteiger partial charge in [0.05, 0.1) is 27.7 Å². The lowest BCUT2D eigenvalue weighted by Crippen LogP contribution is -2.37. The molecule has 2 atom stereocenters. The highest BCUT2D eigenvalue weighted by molar-refractivity contribution is 7.47. The summed E-state index contributed by atoms with van der Waals surface area (Å²) in [6, 6.07) is 0. The van der Waals surface area contributed by atoms with E-state index in [4.69, 9.17) is 18.5 Å². The van der Waals surface area contributed by atoms with Crippen LogP contribution in [0.4, 0.5) is 0 Å². The number of esters is 2. The van der Waals surface area contributed by atoms with Crippen molar-refractivity contribution < 1.29 is 42.1 Å². The fraction of sp³-hybridized carbons (Fsp3) is 0.839. The maximum atomic E-state index is 12.8. The van der Waals surface area contributed by atoms with E-state index in [9.17, 15) is 19.0 Å². The summed E-state index contributed by atoms with van der Waals surface area (Å²) < 4.78 is 34.6. The zero-order valence-electron chi connectivity index (χ0n) is 47.9. The molecule has 0 rings (SSSR count). The Balaban J connectivity index is 4.11. The maximum absolute atomic E-state index is 12.8. The van der Waals surface area contributed by atoms with E-state index in [0.29, 0.717) is 23.9 Å². The van der Waals surface area contributed by atoms with Crippen LogP contribution in [0.25, 0.3) is 0 Å². The van der Waals surface area contributed by atoms with Gasteiger partial charge in [-0.05, 0) is 51.4 Å². The van der Waals surface area contributed by atoms with Gasteiger partial charge in [-0.25, -0.2) is 4.57 Å². The fourth-order valence-corrected chi connectivity index (χ4v) is 9.46. The smallest absolute Gasteiger partial charge is 0.462 e. The summed E-state index contributed by atoms with van der Waals surface area (Å²) >= 11 is 0. The summed E-state index contributed by atoms with van der Waals surface area (Å²) in [6.45, 7) is 4.36. The number of quaternary nitrogens is 1. The van der Waals surface area contributed by atoms with Gasteiger partial charge < -0.3 is 18.9 Å². The molecule has 0 aromatic carbocycles. The van der Waals surface area contributed by atoms with Crippen molar-refractivity contribution in [2.45, 2.75) is 290 Å². The third-order valence-electron chi connectivity index (χ3n) is 13.4. The lowest BCUT2D eigenvalue weighted by atomic mass is 10.0. The SMILES string of the molecule is CC/C=C\C/C=C\C/C=C\C/C=C\CCCCCCCCCCCCC(=O)OC(COC(=O)CCCCCCCCCCCCCCCCCCCCCCCCCCC)COP(=O)(O)OCC[N+](C)(C)C. The summed E-state index contributed by atoms with van der Waals surface area (Å²) in [5.74, 6) is -0.790. The molecule has 0 aromatic heterocycles. The van der Waals surface area contributed by atoms with Crippen LogP contribution in [0.15, 0.2) is 48.6 Å². The van der Waals surface area contributed by atoms with Gasteiger partial charge in [0.2, 0.25) is 0 Å². The van der Waals surface area contributed by atoms with E-state index < -0.39 is 26.5 Å². The van der Waals surface area contributed by atoms with Crippen molar-refractivity contribution in [3.63, 3.8) is 0 Å². The molecule has 0 saturated heterocycles. The Morgan fingerprint density at radius 2 is 0.792 bits per heavy atom. The average Bonchev–Trinajstić information content (AvgIpc) is 3.34. The highest BCUT2D eigenvalue weighted by Gasteiger charge is 2.27. The van der Waals surface area contributed by atoms with E-state index in [1.165, 1.54) is 180 Å². The van der Waals surface area contributed by atoms with Crippen molar-refractivity contribution in [3.8, 4) is 0 Å². The first kappa shape index (κ1) is 70.0. The number of allylic oxidation sites excluding steroid dienone is 8. The van der Waals surface area contributed by atoms with Gasteiger partial charge in [-0.1, -0.05) is 268 Å². The number of ether oxygens (including phenoxy) is 2. The molecule has 0 amide bonds. The molecule has 0 spiro atoms. The van der Waals surface area contributed by atoms with Gasteiger partial charge in [-0.3, -0.25) is 18.6 Å². The van der Waals surface area contributed by atoms with Gasteiger partial charge in [0.15, 0.2) is 6.10 Å². The molecule has 10 heteroatoms. The van der Waals surface area contributed by atoms with Gasteiger partial charge >= 0.3 is 19.8 Å². The van der Waals surface area contributed by atoms with Crippen LogP contribution in [-0.4, -0.2) is 74.9 Å². The van der Waals surface area contributed by atoms with Crippen LogP contribution in [0.1, 0.15) is 284 Å². The second kappa shape index (κ2) is 53.8. The normalized spacial score (nSPS) is 13.6. The van der Waals surface area contributed by atoms with Gasteiger partial charge in [0.25, 0.3) is 0 Å². The first-order chi connectivity index (χ1) is 35.0. The van der Waals surface area contributed by atoms with Crippen molar-refractivity contribution in [1.29, 1.82) is 0 Å². The molecule has 0 aliphatic heterocycles. The Kier molecular flexibility index (Phi) is 52.3. The van der Waals surface area contributed by atoms with E-state index in [1.54, 1.807) is 0 Å². The summed E-state index contributed by atoms with van der Waals surface area (Å²) in [5.41, 5.74) is 0. The molecule has 0 aliphatic carbocycles. The number of hydrogen-bond donors (Lipinski definition) is 1. The second-order valence-corrected chi connectivity index (χ2v) is 23.2. The van der Waals surface area contributed by atoms with Crippen LogP contribution < -0.4 is 0 Å². The van der Waals surface area contributed by atoms with Crippen molar-refractivity contribution in [2.24, 2.45) is 0 Å². The number of phosphoric acid groups is 1. The zero-order chi connectivity index (χ0) is 52.7. The van der Waals surface area contributed by atoms with E-state index in [0.717, 1.165) is 70.6 Å². The third kappa shape index (κ3) is 57.3. The Morgan fingerprint density at radius 1 is 0.444 bits per heavy atom. The number of phosphoric ester groups is 1. The van der Waals surface area contributed by atoms with Crippen molar-refractivity contribution in [2.75, 3.05) is 47.5 Å². The monoisotopic (exact) mass is 1030 g/mol. The van der Waals surface area contributed by atoms with Crippen molar-refractivity contribution in [1.82, 2.24) is 0 Å². The highest BCUT2D eigenvalue weighted by Crippen LogP contribution is 2.43. The number of nitrogens with zero attached hydrogens (tertiary/aromatic N) is 1. The van der Waals surface area contributed by atoms with Crippen LogP contribution >= 0.6 is 7.82 Å². The third-order valence-corrected chi connectivity index (χ3v) is 14.4. The highest BCUT2D eigenvalue weighted by atomic mass is 31.2. The topological polar surface area (TPSA) is 108 Å². The number of hydrogen-bond acceptors (Lipinski definition) is 7. The maximum Gasteiger partial charge on any atom is 0.472 e. The van der Waals surface area contributed by atoms with Crippen molar-refractivity contribution in [3.05, 3.63) is 48.6 Å². The summed E-state index contributed by atoms with van der Waals surface area (Å²) in [4.78, 5) is 35.7. The number of unbranched alkanes of at least 4 members (excludes halogenated alkanes) is 34. The van der Waals surface area contributed by atoms with Crippen LogP contribution in [0, 0.1) is 0 Å². The summed E-state index contributed by atoms with van der Waals surface area (Å²) in [5, 5.41) is 0. The second-order valence-electron chi connectivity index (χ2n) is 21.7. The minimum atomic E-state index is -4.39. The standard InChI is InChI=1S/C62H116NO8P/c1-6-8-10-12-14-16-18-20-22-24-26-28-30-31-33-34-36-38-40-42-44-46-48-50-52-54-61(64)68-58-60(59-70-72(66,67)69-57-56-63(3,4)5)71-62(65)55-53-51-49-47-45-43-41-39-37-35-32-29-27-25-23-21-19-17-15-13-11-9-7-2/h9,11,15,17,21,23,27,29,60H,6-8,10,12-14,16,18-20,22,24-26,28,30-59H2,1-5H3/p+1/b11-9-,17-15-,23-21-,29-27-. The molecular formula is C62H117NO8P+.